The maximum absolute atomic E-state index is 12.7. The molecular weight excluding hydrogens is 352 g/mol. The topological polar surface area (TPSA) is 93.1 Å². The fraction of sp³-hybridized carbons (Fsp3) is 0.222. The zero-order valence-corrected chi connectivity index (χ0v) is 15.4. The highest BCUT2D eigenvalue weighted by Crippen LogP contribution is 2.24. The quantitative estimate of drug-likeness (QED) is 0.418. The van der Waals surface area contributed by atoms with E-state index in [1.807, 2.05) is 36.4 Å². The summed E-state index contributed by atoms with van der Waals surface area (Å²) in [5.74, 6) is -0.456. The maximum Gasteiger partial charge on any atom is 0.321 e. The molecule has 2 aromatic carbocycles. The third-order valence-electron chi connectivity index (χ3n) is 4.02. The fourth-order valence-electron chi connectivity index (χ4n) is 2.53. The van der Waals surface area contributed by atoms with Gasteiger partial charge in [0.15, 0.2) is 5.16 Å². The van der Waals surface area contributed by atoms with Gasteiger partial charge < -0.3 is 5.32 Å². The maximum atomic E-state index is 12.7. The lowest BCUT2D eigenvalue weighted by Gasteiger charge is -2.13. The first-order valence-electron chi connectivity index (χ1n) is 7.99. The number of carbonyl (C=O) groups excluding carboxylic acids is 2. The van der Waals surface area contributed by atoms with Crippen molar-refractivity contribution in [3.05, 3.63) is 46.8 Å². The van der Waals surface area contributed by atoms with Crippen LogP contribution < -0.4 is 16.2 Å². The first kappa shape index (κ1) is 17.9. The van der Waals surface area contributed by atoms with Crippen molar-refractivity contribution in [3.63, 3.8) is 0 Å². The van der Waals surface area contributed by atoms with E-state index in [0.717, 1.165) is 22.5 Å². The normalized spacial score (nSPS) is 12.1. The van der Waals surface area contributed by atoms with E-state index in [4.69, 9.17) is 0 Å². The summed E-state index contributed by atoms with van der Waals surface area (Å²) in [5.41, 5.74) is 0.398. The van der Waals surface area contributed by atoms with E-state index in [1.54, 1.807) is 14.0 Å². The van der Waals surface area contributed by atoms with Crippen LogP contribution in [0.1, 0.15) is 6.92 Å². The third kappa shape index (κ3) is 3.41. The second-order valence-electron chi connectivity index (χ2n) is 5.80. The molecule has 8 heteroatoms. The Bertz CT molecular complexity index is 1080. The van der Waals surface area contributed by atoms with Crippen LogP contribution in [0.3, 0.4) is 0 Å². The van der Waals surface area contributed by atoms with Gasteiger partial charge in [0.05, 0.1) is 16.2 Å². The standard InChI is InChI=1S/C18H18N4O3S/c1-10(15(23)21-17(25)19-2)26-18-20-14-9-12-7-5-4-6-11(12)8-13(14)16(24)22(18)3/h4-10H,1-3H3,(H2,19,21,23,25)/t10-/m1/s1. The van der Waals surface area contributed by atoms with Gasteiger partial charge in [-0.3, -0.25) is 19.5 Å². The molecular formula is C18H18N4O3S. The van der Waals surface area contributed by atoms with Crippen molar-refractivity contribution >= 4 is 45.4 Å². The van der Waals surface area contributed by atoms with E-state index in [-0.39, 0.29) is 5.56 Å². The van der Waals surface area contributed by atoms with Crippen LogP contribution in [0, 0.1) is 0 Å². The smallest absolute Gasteiger partial charge is 0.321 e. The van der Waals surface area contributed by atoms with Crippen molar-refractivity contribution in [3.8, 4) is 0 Å². The lowest BCUT2D eigenvalue weighted by Crippen LogP contribution is -2.41. The molecule has 0 aliphatic carbocycles. The number of hydrogen-bond acceptors (Lipinski definition) is 5. The molecule has 0 saturated heterocycles. The molecule has 0 saturated carbocycles. The Kier molecular flexibility index (Phi) is 4.94. The van der Waals surface area contributed by atoms with Crippen molar-refractivity contribution in [2.45, 2.75) is 17.3 Å². The number of urea groups is 1. The van der Waals surface area contributed by atoms with Crippen molar-refractivity contribution in [1.29, 1.82) is 0 Å². The average molecular weight is 370 g/mol. The third-order valence-corrected chi connectivity index (χ3v) is 5.16. The van der Waals surface area contributed by atoms with E-state index in [0.29, 0.717) is 16.1 Å². The number of benzene rings is 2. The van der Waals surface area contributed by atoms with Gasteiger partial charge in [0.2, 0.25) is 5.91 Å². The molecule has 0 bridgehead atoms. The molecule has 26 heavy (non-hydrogen) atoms. The summed E-state index contributed by atoms with van der Waals surface area (Å²) < 4.78 is 1.42. The van der Waals surface area contributed by atoms with Gasteiger partial charge in [0.1, 0.15) is 0 Å². The summed E-state index contributed by atoms with van der Waals surface area (Å²) >= 11 is 1.12. The van der Waals surface area contributed by atoms with Gasteiger partial charge >= 0.3 is 6.03 Å². The molecule has 0 aliphatic rings. The summed E-state index contributed by atoms with van der Waals surface area (Å²) in [6.45, 7) is 1.65. The zero-order chi connectivity index (χ0) is 18.8. The Labute approximate surface area is 153 Å². The highest BCUT2D eigenvalue weighted by molar-refractivity contribution is 8.00. The second kappa shape index (κ2) is 7.17. The SMILES string of the molecule is CNC(=O)NC(=O)[C@@H](C)Sc1nc2cc3ccccc3cc2c(=O)n1C. The van der Waals surface area contributed by atoms with Crippen LogP contribution in [-0.4, -0.2) is 33.8 Å². The summed E-state index contributed by atoms with van der Waals surface area (Å²) in [7, 11) is 3.05. The minimum Gasteiger partial charge on any atom is -0.341 e. The first-order valence-corrected chi connectivity index (χ1v) is 8.87. The number of nitrogens with zero attached hydrogens (tertiary/aromatic N) is 2. The number of aromatic nitrogens is 2. The second-order valence-corrected chi connectivity index (χ2v) is 7.11. The van der Waals surface area contributed by atoms with Gasteiger partial charge in [0.25, 0.3) is 5.56 Å². The van der Waals surface area contributed by atoms with Gasteiger partial charge in [0, 0.05) is 14.1 Å². The molecule has 0 aliphatic heterocycles. The number of amides is 3. The molecule has 1 atom stereocenters. The van der Waals surface area contributed by atoms with E-state index >= 15 is 0 Å². The van der Waals surface area contributed by atoms with Gasteiger partial charge in [-0.05, 0) is 29.8 Å². The summed E-state index contributed by atoms with van der Waals surface area (Å²) in [6.07, 6.45) is 0. The van der Waals surface area contributed by atoms with Crippen LogP contribution in [0.5, 0.6) is 0 Å². The molecule has 1 aromatic heterocycles. The number of nitrogens with one attached hydrogen (secondary N) is 2. The molecule has 7 nitrogen and oxygen atoms in total. The molecule has 0 radical (unpaired) electrons. The lowest BCUT2D eigenvalue weighted by molar-refractivity contribution is -0.119. The van der Waals surface area contributed by atoms with Crippen LogP contribution in [0.4, 0.5) is 4.79 Å². The molecule has 0 unspecified atom stereocenters. The Balaban J connectivity index is 2.00. The highest BCUT2D eigenvalue weighted by Gasteiger charge is 2.19. The number of hydrogen-bond donors (Lipinski definition) is 2. The van der Waals surface area contributed by atoms with Crippen molar-refractivity contribution in [2.24, 2.45) is 7.05 Å². The Morgan fingerprint density at radius 3 is 2.50 bits per heavy atom. The number of thioether (sulfide) groups is 1. The van der Waals surface area contributed by atoms with E-state index in [2.05, 4.69) is 15.6 Å². The van der Waals surface area contributed by atoms with Crippen LogP contribution >= 0.6 is 11.8 Å². The van der Waals surface area contributed by atoms with Crippen molar-refractivity contribution in [1.82, 2.24) is 20.2 Å². The first-order chi connectivity index (χ1) is 12.4. The van der Waals surface area contributed by atoms with Crippen molar-refractivity contribution in [2.75, 3.05) is 7.05 Å². The van der Waals surface area contributed by atoms with Gasteiger partial charge in [-0.2, -0.15) is 0 Å². The number of carbonyl (C=O) groups is 2. The number of fused-ring (bicyclic) bond motifs is 2. The monoisotopic (exact) mass is 370 g/mol. The van der Waals surface area contributed by atoms with Crippen LogP contribution in [0.25, 0.3) is 21.7 Å². The van der Waals surface area contributed by atoms with E-state index in [9.17, 15) is 14.4 Å². The summed E-state index contributed by atoms with van der Waals surface area (Å²) in [6, 6.07) is 10.9. The summed E-state index contributed by atoms with van der Waals surface area (Å²) in [5, 5.41) is 6.85. The van der Waals surface area contributed by atoms with Crippen molar-refractivity contribution < 1.29 is 9.59 Å². The number of rotatable bonds is 3. The van der Waals surface area contributed by atoms with E-state index in [1.165, 1.54) is 11.6 Å². The van der Waals surface area contributed by atoms with Gasteiger partial charge in [-0.25, -0.2) is 9.78 Å². The zero-order valence-electron chi connectivity index (χ0n) is 14.6. The van der Waals surface area contributed by atoms with Crippen LogP contribution in [0.15, 0.2) is 46.3 Å². The fourth-order valence-corrected chi connectivity index (χ4v) is 3.41. The van der Waals surface area contributed by atoms with Crippen LogP contribution in [-0.2, 0) is 11.8 Å². The molecule has 1 heterocycles. The molecule has 0 fully saturated rings. The molecule has 3 amide bonds. The summed E-state index contributed by atoms with van der Waals surface area (Å²) in [4.78, 5) is 40.6. The van der Waals surface area contributed by atoms with Gasteiger partial charge in [-0.1, -0.05) is 36.0 Å². The predicted octanol–water partition coefficient (Wildman–Crippen LogP) is 2.02. The van der Waals surface area contributed by atoms with Crippen LogP contribution in [0.2, 0.25) is 0 Å². The molecule has 0 spiro atoms. The molecule has 3 rings (SSSR count). The Morgan fingerprint density at radius 2 is 1.85 bits per heavy atom. The Morgan fingerprint density at radius 1 is 1.19 bits per heavy atom. The minimum absolute atomic E-state index is 0.179. The molecule has 134 valence electrons. The molecule has 3 aromatic rings. The lowest BCUT2D eigenvalue weighted by atomic mass is 10.1. The number of imide groups is 1. The predicted molar refractivity (Wildman–Crippen MR) is 102 cm³/mol. The minimum atomic E-state index is -0.594. The van der Waals surface area contributed by atoms with E-state index < -0.39 is 17.2 Å². The highest BCUT2D eigenvalue weighted by atomic mass is 32.2. The molecule has 2 N–H and O–H groups in total. The largest absolute Gasteiger partial charge is 0.341 e. The van der Waals surface area contributed by atoms with Gasteiger partial charge in [-0.15, -0.1) is 0 Å². The Hall–Kier alpha value is -2.87. The average Bonchev–Trinajstić information content (AvgIpc) is 2.64.